The Kier molecular flexibility index (Phi) is 10.3. The number of hydrogen-bond donors (Lipinski definition) is 2. The highest BCUT2D eigenvalue weighted by molar-refractivity contribution is 6.34. The van der Waals surface area contributed by atoms with Crippen molar-refractivity contribution in [3.8, 4) is 22.6 Å². The molecule has 0 amide bonds. The minimum Gasteiger partial charge on any atom is -0.488 e. The minimum atomic E-state index is -0.935. The van der Waals surface area contributed by atoms with E-state index in [1.807, 2.05) is 24.3 Å². The molecule has 0 aliphatic heterocycles. The van der Waals surface area contributed by atoms with Crippen LogP contribution in [0.3, 0.4) is 0 Å². The zero-order valence-electron chi connectivity index (χ0n) is 23.6. The van der Waals surface area contributed by atoms with E-state index in [1.165, 1.54) is 12.1 Å². The lowest BCUT2D eigenvalue weighted by molar-refractivity contribution is -0.146. The zero-order chi connectivity index (χ0) is 31.1. The molecule has 44 heavy (non-hydrogen) atoms. The molecule has 1 atom stereocenters. The van der Waals surface area contributed by atoms with Crippen molar-refractivity contribution in [2.75, 3.05) is 13.2 Å². The summed E-state index contributed by atoms with van der Waals surface area (Å²) in [6, 6.07) is 19.4. The molecule has 0 aliphatic carbocycles. The summed E-state index contributed by atoms with van der Waals surface area (Å²) in [5, 5.41) is 21.2. The molecule has 2 N–H and O–H groups in total. The topological polar surface area (TPSA) is 116 Å². The molecule has 0 spiro atoms. The Labute approximate surface area is 262 Å². The largest absolute Gasteiger partial charge is 0.488 e. The third-order valence-corrected chi connectivity index (χ3v) is 7.48. The van der Waals surface area contributed by atoms with Gasteiger partial charge in [-0.25, -0.2) is 9.02 Å². The summed E-state index contributed by atoms with van der Waals surface area (Å²) in [4.78, 5) is 12.2. The first-order valence-corrected chi connectivity index (χ1v) is 14.4. The maximum absolute atomic E-state index is 13.4. The van der Waals surface area contributed by atoms with Crippen molar-refractivity contribution in [2.24, 2.45) is 0 Å². The normalized spacial score (nSPS) is 11.8. The molecule has 5 aromatic rings. The SMILES string of the molecule is CCOC(=O)C(CO)NCc1cc(Cl)c(OCc2cccc(-c3ccc(F)cc3)c2Cl)cc1OCc1ccc2nonc2c1. The highest BCUT2D eigenvalue weighted by Gasteiger charge is 2.20. The summed E-state index contributed by atoms with van der Waals surface area (Å²) in [5.41, 5.74) is 4.85. The van der Waals surface area contributed by atoms with E-state index in [9.17, 15) is 14.3 Å². The standard InChI is InChI=1S/C32H28Cl2FN3O6/c1-2-41-32(40)28(16-39)36-15-22-13-25(33)30(14-29(22)42-17-19-6-11-26-27(12-19)38-44-37-26)43-18-21-4-3-5-24(31(21)34)20-7-9-23(35)10-8-20/h3-14,28,36,39H,2,15-18H2,1H3. The van der Waals surface area contributed by atoms with Gasteiger partial charge in [0.15, 0.2) is 0 Å². The van der Waals surface area contributed by atoms with Gasteiger partial charge in [-0.05, 0) is 58.7 Å². The molecule has 0 fully saturated rings. The number of halogens is 3. The van der Waals surface area contributed by atoms with E-state index in [4.69, 9.17) is 42.0 Å². The van der Waals surface area contributed by atoms with Crippen LogP contribution in [0, 0.1) is 5.82 Å². The van der Waals surface area contributed by atoms with Gasteiger partial charge in [-0.2, -0.15) is 0 Å². The van der Waals surface area contributed by atoms with Crippen molar-refractivity contribution in [1.29, 1.82) is 0 Å². The number of aliphatic hydroxyl groups excluding tert-OH is 1. The molecule has 0 saturated carbocycles. The summed E-state index contributed by atoms with van der Waals surface area (Å²) in [7, 11) is 0. The fourth-order valence-electron chi connectivity index (χ4n) is 4.44. The van der Waals surface area contributed by atoms with Crippen molar-refractivity contribution in [2.45, 2.75) is 32.7 Å². The fraction of sp³-hybridized carbons (Fsp3) is 0.219. The van der Waals surface area contributed by atoms with Gasteiger partial charge >= 0.3 is 5.97 Å². The number of esters is 1. The van der Waals surface area contributed by atoms with Crippen molar-refractivity contribution in [3.63, 3.8) is 0 Å². The van der Waals surface area contributed by atoms with Crippen LogP contribution in [-0.4, -0.2) is 40.6 Å². The van der Waals surface area contributed by atoms with Crippen LogP contribution in [-0.2, 0) is 29.3 Å². The Bertz CT molecular complexity index is 1750. The lowest BCUT2D eigenvalue weighted by Crippen LogP contribution is -2.40. The first kappa shape index (κ1) is 31.2. The maximum Gasteiger partial charge on any atom is 0.325 e. The van der Waals surface area contributed by atoms with Gasteiger partial charge in [-0.3, -0.25) is 10.1 Å². The van der Waals surface area contributed by atoms with Crippen molar-refractivity contribution >= 4 is 40.2 Å². The van der Waals surface area contributed by atoms with E-state index in [0.717, 1.165) is 16.7 Å². The van der Waals surface area contributed by atoms with Gasteiger partial charge in [-0.15, -0.1) is 0 Å². The molecule has 0 saturated heterocycles. The van der Waals surface area contributed by atoms with Crippen molar-refractivity contribution < 1.29 is 33.1 Å². The predicted octanol–water partition coefficient (Wildman–Crippen LogP) is 6.51. The molecule has 0 aliphatic rings. The molecule has 1 heterocycles. The Balaban J connectivity index is 1.38. The first-order chi connectivity index (χ1) is 21.4. The number of rotatable bonds is 13. The van der Waals surface area contributed by atoms with Gasteiger partial charge in [0, 0.05) is 29.3 Å². The number of carbonyl (C=O) groups excluding carboxylic acids is 1. The van der Waals surface area contributed by atoms with Gasteiger partial charge in [-0.1, -0.05) is 59.6 Å². The Morgan fingerprint density at radius 3 is 2.50 bits per heavy atom. The molecule has 4 aromatic carbocycles. The second kappa shape index (κ2) is 14.5. The van der Waals surface area contributed by atoms with Crippen LogP contribution in [0.5, 0.6) is 11.5 Å². The number of aromatic nitrogens is 2. The number of carbonyl (C=O) groups is 1. The van der Waals surface area contributed by atoms with Gasteiger partial charge in [0.05, 0.1) is 23.3 Å². The maximum atomic E-state index is 13.4. The summed E-state index contributed by atoms with van der Waals surface area (Å²) < 4.78 is 35.5. The summed E-state index contributed by atoms with van der Waals surface area (Å²) in [6.45, 7) is 1.82. The molecular formula is C32H28Cl2FN3O6. The van der Waals surface area contributed by atoms with Gasteiger partial charge in [0.2, 0.25) is 0 Å². The predicted molar refractivity (Wildman–Crippen MR) is 163 cm³/mol. The van der Waals surface area contributed by atoms with Crippen LogP contribution in [0.25, 0.3) is 22.2 Å². The average Bonchev–Trinajstić information content (AvgIpc) is 3.50. The van der Waals surface area contributed by atoms with Crippen molar-refractivity contribution in [1.82, 2.24) is 15.6 Å². The molecule has 0 bridgehead atoms. The van der Waals surface area contributed by atoms with Crippen LogP contribution in [0.1, 0.15) is 23.6 Å². The third kappa shape index (κ3) is 7.46. The molecule has 5 rings (SSSR count). The number of ether oxygens (including phenoxy) is 3. The van der Waals surface area contributed by atoms with Crippen LogP contribution >= 0.6 is 23.2 Å². The number of hydrogen-bond acceptors (Lipinski definition) is 9. The number of nitrogens with zero attached hydrogens (tertiary/aromatic N) is 2. The number of benzene rings is 4. The molecule has 1 aromatic heterocycles. The Morgan fingerprint density at radius 2 is 1.73 bits per heavy atom. The lowest BCUT2D eigenvalue weighted by Gasteiger charge is -2.19. The number of fused-ring (bicyclic) bond motifs is 1. The first-order valence-electron chi connectivity index (χ1n) is 13.7. The molecule has 1 unspecified atom stereocenters. The Hall–Kier alpha value is -4.22. The highest BCUT2D eigenvalue weighted by Crippen LogP contribution is 2.36. The lowest BCUT2D eigenvalue weighted by atomic mass is 10.0. The van der Waals surface area contributed by atoms with E-state index >= 15 is 0 Å². The van der Waals surface area contributed by atoms with Gasteiger partial charge in [0.25, 0.3) is 0 Å². The molecular weight excluding hydrogens is 612 g/mol. The second-order valence-electron chi connectivity index (χ2n) is 9.71. The third-order valence-electron chi connectivity index (χ3n) is 6.74. The van der Waals surface area contributed by atoms with Crippen molar-refractivity contribution in [3.05, 3.63) is 105 Å². The smallest absolute Gasteiger partial charge is 0.325 e. The quantitative estimate of drug-likeness (QED) is 0.139. The van der Waals surface area contributed by atoms with E-state index in [0.29, 0.717) is 43.7 Å². The van der Waals surface area contributed by atoms with Crippen LogP contribution in [0.4, 0.5) is 4.39 Å². The summed E-state index contributed by atoms with van der Waals surface area (Å²) in [5.74, 6) is -0.132. The van der Waals surface area contributed by atoms with E-state index in [1.54, 1.807) is 43.3 Å². The summed E-state index contributed by atoms with van der Waals surface area (Å²) in [6.07, 6.45) is 0. The fourth-order valence-corrected chi connectivity index (χ4v) is 4.97. The molecule has 12 heteroatoms. The number of nitrogens with one attached hydrogen (secondary N) is 1. The molecule has 228 valence electrons. The highest BCUT2D eigenvalue weighted by atomic mass is 35.5. The van der Waals surface area contributed by atoms with Crippen LogP contribution < -0.4 is 14.8 Å². The van der Waals surface area contributed by atoms with Gasteiger partial charge < -0.3 is 19.3 Å². The van der Waals surface area contributed by atoms with Crippen LogP contribution in [0.2, 0.25) is 10.0 Å². The van der Waals surface area contributed by atoms with E-state index < -0.39 is 18.6 Å². The zero-order valence-corrected chi connectivity index (χ0v) is 25.1. The van der Waals surface area contributed by atoms with E-state index in [2.05, 4.69) is 15.6 Å². The minimum absolute atomic E-state index is 0.0932. The van der Waals surface area contributed by atoms with E-state index in [-0.39, 0.29) is 32.2 Å². The molecule has 9 nitrogen and oxygen atoms in total. The monoisotopic (exact) mass is 639 g/mol. The average molecular weight is 640 g/mol. The second-order valence-corrected chi connectivity index (χ2v) is 10.5. The van der Waals surface area contributed by atoms with Crippen LogP contribution in [0.15, 0.2) is 77.4 Å². The van der Waals surface area contributed by atoms with Gasteiger partial charge in [0.1, 0.15) is 47.6 Å². The number of aliphatic hydroxyl groups is 1. The Morgan fingerprint density at radius 1 is 0.955 bits per heavy atom. The summed E-state index contributed by atoms with van der Waals surface area (Å²) >= 11 is 13.4. The molecule has 0 radical (unpaired) electrons.